The molecular weight excluding hydrogens is 198 g/mol. The van der Waals surface area contributed by atoms with E-state index in [4.69, 9.17) is 4.42 Å². The highest BCUT2D eigenvalue weighted by atomic mass is 16.3. The third kappa shape index (κ3) is 2.12. The van der Waals surface area contributed by atoms with Crippen LogP contribution in [0.5, 0.6) is 0 Å². The average molecular weight is 217 g/mol. The van der Waals surface area contributed by atoms with E-state index >= 15 is 0 Å². The summed E-state index contributed by atoms with van der Waals surface area (Å²) in [6, 6.07) is 8.94. The third-order valence-corrected chi connectivity index (χ3v) is 3.28. The van der Waals surface area contributed by atoms with Crippen molar-refractivity contribution in [3.05, 3.63) is 36.1 Å². The molecule has 1 heterocycles. The van der Waals surface area contributed by atoms with Crippen LogP contribution in [0.1, 0.15) is 32.3 Å². The lowest BCUT2D eigenvalue weighted by Crippen LogP contribution is -2.30. The van der Waals surface area contributed by atoms with Gasteiger partial charge in [0.25, 0.3) is 0 Å². The van der Waals surface area contributed by atoms with Crippen LogP contribution in [0.15, 0.2) is 34.9 Å². The Labute approximate surface area is 96.6 Å². The standard InChI is InChI=1S/C14H19NO/c1-4-15-11(3)10(2)12-5-6-14-13(9-12)7-8-16-14/h5-11,15H,4H2,1-3H3. The smallest absolute Gasteiger partial charge is 0.133 e. The van der Waals surface area contributed by atoms with E-state index in [1.54, 1.807) is 6.26 Å². The van der Waals surface area contributed by atoms with Crippen molar-refractivity contribution in [3.8, 4) is 0 Å². The summed E-state index contributed by atoms with van der Waals surface area (Å²) in [6.07, 6.45) is 1.74. The summed E-state index contributed by atoms with van der Waals surface area (Å²) in [7, 11) is 0. The second kappa shape index (κ2) is 4.71. The third-order valence-electron chi connectivity index (χ3n) is 3.28. The maximum absolute atomic E-state index is 5.34. The van der Waals surface area contributed by atoms with Gasteiger partial charge in [-0.1, -0.05) is 19.9 Å². The van der Waals surface area contributed by atoms with Gasteiger partial charge in [0.05, 0.1) is 6.26 Å². The van der Waals surface area contributed by atoms with E-state index in [2.05, 4.69) is 44.3 Å². The summed E-state index contributed by atoms with van der Waals surface area (Å²) >= 11 is 0. The van der Waals surface area contributed by atoms with Crippen LogP contribution in [0.3, 0.4) is 0 Å². The average Bonchev–Trinajstić information content (AvgIpc) is 2.75. The van der Waals surface area contributed by atoms with Crippen molar-refractivity contribution in [2.45, 2.75) is 32.7 Å². The highest BCUT2D eigenvalue weighted by Gasteiger charge is 2.13. The Morgan fingerprint density at radius 2 is 2.06 bits per heavy atom. The number of nitrogens with one attached hydrogen (secondary N) is 1. The van der Waals surface area contributed by atoms with E-state index in [9.17, 15) is 0 Å². The van der Waals surface area contributed by atoms with Crippen molar-refractivity contribution in [3.63, 3.8) is 0 Å². The van der Waals surface area contributed by atoms with Crippen LogP contribution in [-0.2, 0) is 0 Å². The van der Waals surface area contributed by atoms with Gasteiger partial charge in [-0.15, -0.1) is 0 Å². The van der Waals surface area contributed by atoms with E-state index in [1.807, 2.05) is 6.07 Å². The Kier molecular flexibility index (Phi) is 3.30. The Morgan fingerprint density at radius 1 is 1.25 bits per heavy atom. The van der Waals surface area contributed by atoms with Crippen molar-refractivity contribution >= 4 is 11.0 Å². The molecule has 0 amide bonds. The molecule has 1 aromatic carbocycles. The van der Waals surface area contributed by atoms with Gasteiger partial charge < -0.3 is 9.73 Å². The number of fused-ring (bicyclic) bond motifs is 1. The first kappa shape index (κ1) is 11.2. The van der Waals surface area contributed by atoms with Gasteiger partial charge in [-0.05, 0) is 43.1 Å². The molecule has 2 nitrogen and oxygen atoms in total. The topological polar surface area (TPSA) is 25.2 Å². The molecule has 1 aromatic heterocycles. The van der Waals surface area contributed by atoms with Crippen LogP contribution in [0.25, 0.3) is 11.0 Å². The molecule has 0 fully saturated rings. The molecule has 0 radical (unpaired) electrons. The van der Waals surface area contributed by atoms with E-state index < -0.39 is 0 Å². The van der Waals surface area contributed by atoms with Gasteiger partial charge in [-0.25, -0.2) is 0 Å². The zero-order chi connectivity index (χ0) is 11.5. The maximum atomic E-state index is 5.34. The summed E-state index contributed by atoms with van der Waals surface area (Å²) in [5.74, 6) is 0.513. The van der Waals surface area contributed by atoms with Gasteiger partial charge in [0.15, 0.2) is 0 Å². The summed E-state index contributed by atoms with van der Waals surface area (Å²) in [4.78, 5) is 0. The predicted octanol–water partition coefficient (Wildman–Crippen LogP) is 3.53. The van der Waals surface area contributed by atoms with Crippen molar-refractivity contribution in [2.75, 3.05) is 6.54 Å². The second-order valence-corrected chi connectivity index (χ2v) is 4.35. The largest absolute Gasteiger partial charge is 0.464 e. The zero-order valence-corrected chi connectivity index (χ0v) is 10.2. The number of hydrogen-bond donors (Lipinski definition) is 1. The zero-order valence-electron chi connectivity index (χ0n) is 10.2. The monoisotopic (exact) mass is 217 g/mol. The lowest BCUT2D eigenvalue weighted by molar-refractivity contribution is 0.495. The van der Waals surface area contributed by atoms with E-state index in [0.717, 1.165) is 12.1 Å². The lowest BCUT2D eigenvalue weighted by atomic mass is 9.93. The van der Waals surface area contributed by atoms with Gasteiger partial charge in [-0.3, -0.25) is 0 Å². The molecule has 0 saturated heterocycles. The summed E-state index contributed by atoms with van der Waals surface area (Å²) in [5, 5.41) is 4.65. The molecule has 0 aliphatic rings. The highest BCUT2D eigenvalue weighted by molar-refractivity contribution is 5.77. The molecule has 1 N–H and O–H groups in total. The number of rotatable bonds is 4. The first-order valence-electron chi connectivity index (χ1n) is 5.93. The van der Waals surface area contributed by atoms with Gasteiger partial charge >= 0.3 is 0 Å². The molecule has 2 heteroatoms. The van der Waals surface area contributed by atoms with Gasteiger partial charge in [-0.2, -0.15) is 0 Å². The van der Waals surface area contributed by atoms with Crippen LogP contribution < -0.4 is 5.32 Å². The molecule has 0 bridgehead atoms. The van der Waals surface area contributed by atoms with E-state index in [-0.39, 0.29) is 0 Å². The Hall–Kier alpha value is -1.28. The minimum absolute atomic E-state index is 0.495. The minimum Gasteiger partial charge on any atom is -0.464 e. The fourth-order valence-electron chi connectivity index (χ4n) is 2.06. The van der Waals surface area contributed by atoms with Crippen molar-refractivity contribution < 1.29 is 4.42 Å². The molecule has 2 unspecified atom stereocenters. The molecule has 0 aliphatic heterocycles. The Bertz CT molecular complexity index is 460. The molecule has 86 valence electrons. The molecule has 2 rings (SSSR count). The number of likely N-dealkylation sites (N-methyl/N-ethyl adjacent to an activating group) is 1. The lowest BCUT2D eigenvalue weighted by Gasteiger charge is -2.21. The number of hydrogen-bond acceptors (Lipinski definition) is 2. The van der Waals surface area contributed by atoms with Gasteiger partial charge in [0.1, 0.15) is 5.58 Å². The number of benzene rings is 1. The van der Waals surface area contributed by atoms with Crippen molar-refractivity contribution in [1.29, 1.82) is 0 Å². The van der Waals surface area contributed by atoms with E-state index in [0.29, 0.717) is 12.0 Å². The molecule has 0 aliphatic carbocycles. The fourth-order valence-corrected chi connectivity index (χ4v) is 2.06. The highest BCUT2D eigenvalue weighted by Crippen LogP contribution is 2.24. The maximum Gasteiger partial charge on any atom is 0.133 e. The molecule has 16 heavy (non-hydrogen) atoms. The van der Waals surface area contributed by atoms with Crippen LogP contribution in [0, 0.1) is 0 Å². The summed E-state index contributed by atoms with van der Waals surface area (Å²) in [6.45, 7) is 7.64. The van der Waals surface area contributed by atoms with Crippen LogP contribution in [-0.4, -0.2) is 12.6 Å². The predicted molar refractivity (Wildman–Crippen MR) is 67.8 cm³/mol. The van der Waals surface area contributed by atoms with Crippen molar-refractivity contribution in [1.82, 2.24) is 5.32 Å². The van der Waals surface area contributed by atoms with Crippen LogP contribution in [0.2, 0.25) is 0 Å². The Balaban J connectivity index is 2.24. The minimum atomic E-state index is 0.495. The number of furan rings is 1. The van der Waals surface area contributed by atoms with Crippen LogP contribution >= 0.6 is 0 Å². The summed E-state index contributed by atoms with van der Waals surface area (Å²) in [5.41, 5.74) is 2.33. The molecule has 0 spiro atoms. The summed E-state index contributed by atoms with van der Waals surface area (Å²) < 4.78 is 5.34. The first-order chi connectivity index (χ1) is 7.72. The molecule has 2 atom stereocenters. The molecule has 2 aromatic rings. The molecule has 0 saturated carbocycles. The fraction of sp³-hybridized carbons (Fsp3) is 0.429. The van der Waals surface area contributed by atoms with Crippen molar-refractivity contribution in [2.24, 2.45) is 0 Å². The first-order valence-corrected chi connectivity index (χ1v) is 5.93. The van der Waals surface area contributed by atoms with Gasteiger partial charge in [0.2, 0.25) is 0 Å². The van der Waals surface area contributed by atoms with Crippen LogP contribution in [0.4, 0.5) is 0 Å². The second-order valence-electron chi connectivity index (χ2n) is 4.35. The normalized spacial score (nSPS) is 15.2. The molecular formula is C14H19NO. The quantitative estimate of drug-likeness (QED) is 0.847. The van der Waals surface area contributed by atoms with E-state index in [1.165, 1.54) is 10.9 Å². The SMILES string of the molecule is CCNC(C)C(C)c1ccc2occc2c1. The Morgan fingerprint density at radius 3 is 2.81 bits per heavy atom. The van der Waals surface area contributed by atoms with Gasteiger partial charge in [0, 0.05) is 11.4 Å².